The summed E-state index contributed by atoms with van der Waals surface area (Å²) >= 11 is 0. The Bertz CT molecular complexity index is 562. The van der Waals surface area contributed by atoms with Crippen molar-refractivity contribution in [3.63, 3.8) is 0 Å². The Morgan fingerprint density at radius 2 is 1.95 bits per heavy atom. The smallest absolute Gasteiger partial charge is 0.465 e. The first-order valence-corrected chi connectivity index (χ1v) is 4.90. The lowest BCUT2D eigenvalue weighted by atomic mass is 10.0. The van der Waals surface area contributed by atoms with Crippen LogP contribution in [0.25, 0.3) is 0 Å². The third kappa shape index (κ3) is 3.57. The highest BCUT2D eigenvalue weighted by atomic mass is 19.4. The van der Waals surface area contributed by atoms with Gasteiger partial charge in [0.2, 0.25) is 0 Å². The highest BCUT2D eigenvalue weighted by Gasteiger charge is 2.33. The molecule has 9 heteroatoms. The van der Waals surface area contributed by atoms with Gasteiger partial charge < -0.3 is 9.47 Å². The Morgan fingerprint density at radius 1 is 1.35 bits per heavy atom. The molecule has 0 amide bonds. The van der Waals surface area contributed by atoms with E-state index in [1.54, 1.807) is 0 Å². The van der Waals surface area contributed by atoms with E-state index in [-0.39, 0.29) is 0 Å². The third-order valence-corrected chi connectivity index (χ3v) is 2.12. The lowest BCUT2D eigenvalue weighted by Gasteiger charge is -2.13. The predicted molar refractivity (Wildman–Crippen MR) is 54.1 cm³/mol. The zero-order chi connectivity index (χ0) is 15.5. The molecule has 0 radical (unpaired) electrons. The van der Waals surface area contributed by atoms with Gasteiger partial charge in [0.1, 0.15) is 11.8 Å². The van der Waals surface area contributed by atoms with Crippen LogP contribution in [-0.4, -0.2) is 19.4 Å². The summed E-state index contributed by atoms with van der Waals surface area (Å²) in [5.74, 6) is -2.27. The van der Waals surface area contributed by atoms with Gasteiger partial charge in [0.25, 0.3) is 6.43 Å². The first-order valence-electron chi connectivity index (χ1n) is 4.90. The number of hydrogen-bond acceptors (Lipinski definition) is 4. The van der Waals surface area contributed by atoms with Crippen LogP contribution in [0.5, 0.6) is 5.75 Å². The van der Waals surface area contributed by atoms with E-state index in [4.69, 9.17) is 5.26 Å². The number of benzene rings is 1. The number of carbonyl (C=O) groups excluding carboxylic acids is 1. The number of methoxy groups -OCH3 is 1. The average Bonchev–Trinajstić information content (AvgIpc) is 2.34. The molecule has 1 aromatic carbocycles. The maximum absolute atomic E-state index is 12.8. The molecule has 0 aromatic heterocycles. The summed E-state index contributed by atoms with van der Waals surface area (Å²) in [5.41, 5.74) is -2.57. The summed E-state index contributed by atoms with van der Waals surface area (Å²) in [4.78, 5) is 11.3. The maximum Gasteiger partial charge on any atom is 0.573 e. The highest BCUT2D eigenvalue weighted by molar-refractivity contribution is 5.94. The second-order valence-electron chi connectivity index (χ2n) is 3.39. The number of nitrogens with zero attached hydrogens (tertiary/aromatic N) is 1. The number of alkyl halides is 5. The monoisotopic (exact) mass is 295 g/mol. The zero-order valence-corrected chi connectivity index (χ0v) is 9.79. The largest absolute Gasteiger partial charge is 0.573 e. The molecule has 0 saturated heterocycles. The number of carbonyl (C=O) groups is 1. The van der Waals surface area contributed by atoms with E-state index >= 15 is 0 Å². The Kier molecular flexibility index (Phi) is 4.49. The molecular weight excluding hydrogens is 289 g/mol. The minimum atomic E-state index is -5.11. The summed E-state index contributed by atoms with van der Waals surface area (Å²) in [6.45, 7) is 0. The second-order valence-corrected chi connectivity index (χ2v) is 3.39. The average molecular weight is 295 g/mol. The van der Waals surface area contributed by atoms with E-state index in [0.717, 1.165) is 7.11 Å². The Balaban J connectivity index is 3.47. The van der Waals surface area contributed by atoms with Crippen molar-refractivity contribution in [3.05, 3.63) is 28.8 Å². The Morgan fingerprint density at radius 3 is 2.35 bits per heavy atom. The van der Waals surface area contributed by atoms with Gasteiger partial charge in [-0.15, -0.1) is 13.2 Å². The number of nitriles is 1. The van der Waals surface area contributed by atoms with Crippen molar-refractivity contribution in [2.75, 3.05) is 7.11 Å². The van der Waals surface area contributed by atoms with Crippen LogP contribution >= 0.6 is 0 Å². The third-order valence-electron chi connectivity index (χ3n) is 2.12. The second kappa shape index (κ2) is 5.73. The van der Waals surface area contributed by atoms with Crippen LogP contribution < -0.4 is 4.74 Å². The summed E-state index contributed by atoms with van der Waals surface area (Å²) < 4.78 is 69.4. The van der Waals surface area contributed by atoms with Gasteiger partial charge >= 0.3 is 12.3 Å². The summed E-state index contributed by atoms with van der Waals surface area (Å²) in [7, 11) is 0.888. The number of ether oxygens (including phenoxy) is 2. The molecule has 1 rings (SSSR count). The topological polar surface area (TPSA) is 59.3 Å². The minimum absolute atomic E-state index is 0.339. The van der Waals surface area contributed by atoms with Gasteiger partial charge in [-0.2, -0.15) is 5.26 Å². The quantitative estimate of drug-likeness (QED) is 0.634. The van der Waals surface area contributed by atoms with Crippen LogP contribution in [0, 0.1) is 11.3 Å². The lowest BCUT2D eigenvalue weighted by Crippen LogP contribution is -2.18. The number of rotatable bonds is 3. The molecular formula is C11H6F5NO3. The van der Waals surface area contributed by atoms with Crippen LogP contribution in [0.1, 0.15) is 27.9 Å². The SMILES string of the molecule is COC(=O)c1c(C#N)cc(OC(F)(F)F)cc1C(F)F. The normalized spacial score (nSPS) is 11.1. The van der Waals surface area contributed by atoms with Gasteiger partial charge in [-0.1, -0.05) is 0 Å². The standard InChI is InChI=1S/C11H6F5NO3/c1-19-10(18)8-5(4-17)2-6(20-11(14,15)16)3-7(8)9(12)13/h2-3,9H,1H3. The van der Waals surface area contributed by atoms with Gasteiger partial charge in [-0.3, -0.25) is 0 Å². The molecule has 0 saturated carbocycles. The first-order chi connectivity index (χ1) is 9.19. The summed E-state index contributed by atoms with van der Waals surface area (Å²) in [6, 6.07) is 2.22. The van der Waals surface area contributed by atoms with E-state index in [9.17, 15) is 26.7 Å². The van der Waals surface area contributed by atoms with Crippen molar-refractivity contribution in [2.45, 2.75) is 12.8 Å². The number of hydrogen-bond donors (Lipinski definition) is 0. The van der Waals surface area contributed by atoms with Gasteiger partial charge in [-0.25, -0.2) is 13.6 Å². The van der Waals surface area contributed by atoms with Gasteiger partial charge in [0, 0.05) is 5.56 Å². The van der Waals surface area contributed by atoms with E-state index < -0.39 is 41.2 Å². The Hall–Kier alpha value is -2.37. The molecule has 0 heterocycles. The molecule has 0 aliphatic rings. The van der Waals surface area contributed by atoms with Crippen molar-refractivity contribution in [2.24, 2.45) is 0 Å². The zero-order valence-electron chi connectivity index (χ0n) is 9.79. The van der Waals surface area contributed by atoms with E-state index in [1.807, 2.05) is 0 Å². The van der Waals surface area contributed by atoms with Crippen molar-refractivity contribution in [1.82, 2.24) is 0 Å². The fourth-order valence-corrected chi connectivity index (χ4v) is 1.42. The summed E-state index contributed by atoms with van der Waals surface area (Å²) in [5, 5.41) is 8.75. The van der Waals surface area contributed by atoms with Crippen molar-refractivity contribution in [3.8, 4) is 11.8 Å². The number of esters is 1. The molecule has 0 atom stereocenters. The van der Waals surface area contributed by atoms with Crippen LogP contribution in [0.3, 0.4) is 0 Å². The Labute approximate surface area is 109 Å². The van der Waals surface area contributed by atoms with E-state index in [1.165, 1.54) is 6.07 Å². The lowest BCUT2D eigenvalue weighted by molar-refractivity contribution is -0.274. The predicted octanol–water partition coefficient (Wildman–Crippen LogP) is 3.18. The molecule has 0 aliphatic heterocycles. The van der Waals surface area contributed by atoms with Crippen molar-refractivity contribution < 1.29 is 36.2 Å². The fraction of sp³-hybridized carbons (Fsp3) is 0.273. The highest BCUT2D eigenvalue weighted by Crippen LogP contribution is 2.33. The summed E-state index contributed by atoms with van der Waals surface area (Å²) in [6.07, 6.45) is -8.40. The first kappa shape index (κ1) is 15.7. The van der Waals surface area contributed by atoms with Crippen molar-refractivity contribution in [1.29, 1.82) is 5.26 Å². The van der Waals surface area contributed by atoms with E-state index in [0.29, 0.717) is 12.1 Å². The van der Waals surface area contributed by atoms with Crippen LogP contribution in [0.15, 0.2) is 12.1 Å². The molecule has 0 fully saturated rings. The molecule has 1 aromatic rings. The molecule has 0 unspecified atom stereocenters. The van der Waals surface area contributed by atoms with Crippen molar-refractivity contribution >= 4 is 5.97 Å². The van der Waals surface area contributed by atoms with Crippen LogP contribution in [0.2, 0.25) is 0 Å². The molecule has 0 aliphatic carbocycles. The molecule has 0 spiro atoms. The molecule has 0 bridgehead atoms. The molecule has 0 N–H and O–H groups in total. The van der Waals surface area contributed by atoms with Gasteiger partial charge in [0.15, 0.2) is 0 Å². The van der Waals surface area contributed by atoms with E-state index in [2.05, 4.69) is 9.47 Å². The maximum atomic E-state index is 12.8. The molecule has 108 valence electrons. The molecule has 20 heavy (non-hydrogen) atoms. The molecule has 4 nitrogen and oxygen atoms in total. The van der Waals surface area contributed by atoms with Gasteiger partial charge in [0.05, 0.1) is 18.2 Å². The minimum Gasteiger partial charge on any atom is -0.465 e. The van der Waals surface area contributed by atoms with Crippen LogP contribution in [0.4, 0.5) is 22.0 Å². The van der Waals surface area contributed by atoms with Gasteiger partial charge in [-0.05, 0) is 12.1 Å². The fourth-order valence-electron chi connectivity index (χ4n) is 1.42. The number of halogens is 5. The van der Waals surface area contributed by atoms with Crippen LogP contribution in [-0.2, 0) is 4.74 Å².